The third-order valence-corrected chi connectivity index (χ3v) is 5.19. The van der Waals surface area contributed by atoms with Gasteiger partial charge in [-0.1, -0.05) is 61.7 Å². The molecule has 0 unspecified atom stereocenters. The summed E-state index contributed by atoms with van der Waals surface area (Å²) >= 11 is 0. The molecule has 28 heavy (non-hydrogen) atoms. The zero-order valence-electron chi connectivity index (χ0n) is 16.9. The van der Waals surface area contributed by atoms with E-state index in [2.05, 4.69) is 30.3 Å². The van der Waals surface area contributed by atoms with Crippen LogP contribution in [0, 0.1) is 0 Å². The van der Waals surface area contributed by atoms with E-state index in [4.69, 9.17) is 10.5 Å². The molecule has 0 fully saturated rings. The molecule has 0 aliphatic heterocycles. The maximum atomic E-state index is 9.24. The van der Waals surface area contributed by atoms with E-state index in [0.717, 1.165) is 30.8 Å². The van der Waals surface area contributed by atoms with E-state index in [1.54, 1.807) is 0 Å². The smallest absolute Gasteiger partial charge is 0.119 e. The summed E-state index contributed by atoms with van der Waals surface area (Å²) in [4.78, 5) is 0. The molecule has 4 heteroatoms. The molecule has 4 nitrogen and oxygen atoms in total. The molecule has 154 valence electrons. The number of aliphatic hydroxyl groups is 2. The van der Waals surface area contributed by atoms with E-state index in [9.17, 15) is 10.2 Å². The van der Waals surface area contributed by atoms with Crippen LogP contribution < -0.4 is 10.5 Å². The van der Waals surface area contributed by atoms with Gasteiger partial charge in [0.2, 0.25) is 0 Å². The van der Waals surface area contributed by atoms with Crippen LogP contribution in [-0.2, 0) is 12.8 Å². The molecule has 2 aromatic carbocycles. The second kappa shape index (κ2) is 12.6. The molecule has 0 atom stereocenters. The van der Waals surface area contributed by atoms with Crippen molar-refractivity contribution in [2.24, 2.45) is 5.73 Å². The molecular weight excluding hydrogens is 350 g/mol. The minimum Gasteiger partial charge on any atom is -0.494 e. The van der Waals surface area contributed by atoms with Gasteiger partial charge >= 0.3 is 0 Å². The zero-order chi connectivity index (χ0) is 20.1. The number of aliphatic hydroxyl groups excluding tert-OH is 2. The molecule has 0 aliphatic carbocycles. The van der Waals surface area contributed by atoms with Gasteiger partial charge in [-0.3, -0.25) is 0 Å². The van der Waals surface area contributed by atoms with Gasteiger partial charge in [0.1, 0.15) is 5.75 Å². The van der Waals surface area contributed by atoms with Crippen molar-refractivity contribution in [3.05, 3.63) is 65.7 Å². The van der Waals surface area contributed by atoms with Crippen LogP contribution in [0.3, 0.4) is 0 Å². The minimum atomic E-state index is -0.906. The first-order valence-electron chi connectivity index (χ1n) is 10.4. The summed E-state index contributed by atoms with van der Waals surface area (Å²) in [6, 6.07) is 18.7. The van der Waals surface area contributed by atoms with E-state index >= 15 is 0 Å². The maximum absolute atomic E-state index is 9.24. The summed E-state index contributed by atoms with van der Waals surface area (Å²) < 4.78 is 5.82. The largest absolute Gasteiger partial charge is 0.494 e. The van der Waals surface area contributed by atoms with E-state index in [0.29, 0.717) is 6.42 Å². The Balaban J connectivity index is 1.53. The normalized spacial score (nSPS) is 11.5. The lowest BCUT2D eigenvalue weighted by Crippen LogP contribution is -2.47. The summed E-state index contributed by atoms with van der Waals surface area (Å²) in [5.41, 5.74) is 7.55. The van der Waals surface area contributed by atoms with Crippen molar-refractivity contribution in [3.63, 3.8) is 0 Å². The molecule has 0 aliphatic rings. The Morgan fingerprint density at radius 2 is 1.32 bits per heavy atom. The maximum Gasteiger partial charge on any atom is 0.119 e. The first kappa shape index (κ1) is 22.4. The first-order valence-corrected chi connectivity index (χ1v) is 10.4. The summed E-state index contributed by atoms with van der Waals surface area (Å²) in [7, 11) is 0. The number of hydrogen-bond acceptors (Lipinski definition) is 4. The van der Waals surface area contributed by atoms with Gasteiger partial charge < -0.3 is 20.7 Å². The van der Waals surface area contributed by atoms with E-state index in [-0.39, 0.29) is 13.2 Å². The molecule has 0 radical (unpaired) electrons. The summed E-state index contributed by atoms with van der Waals surface area (Å²) in [5, 5.41) is 18.5. The van der Waals surface area contributed by atoms with Crippen LogP contribution in [0.15, 0.2) is 54.6 Å². The fourth-order valence-corrected chi connectivity index (χ4v) is 3.15. The number of rotatable bonds is 14. The molecule has 4 N–H and O–H groups in total. The Morgan fingerprint density at radius 1 is 0.714 bits per heavy atom. The Morgan fingerprint density at radius 3 is 2.00 bits per heavy atom. The van der Waals surface area contributed by atoms with Crippen LogP contribution in [0.4, 0.5) is 0 Å². The highest BCUT2D eigenvalue weighted by Gasteiger charge is 2.22. The van der Waals surface area contributed by atoms with Crippen LogP contribution >= 0.6 is 0 Å². The predicted octanol–water partition coefficient (Wildman–Crippen LogP) is 3.87. The summed E-state index contributed by atoms with van der Waals surface area (Å²) in [6.45, 7) is 0.326. The average molecular weight is 386 g/mol. The van der Waals surface area contributed by atoms with Crippen LogP contribution in [0.25, 0.3) is 0 Å². The minimum absolute atomic E-state index is 0.211. The van der Waals surface area contributed by atoms with Gasteiger partial charge in [-0.2, -0.15) is 0 Å². The predicted molar refractivity (Wildman–Crippen MR) is 115 cm³/mol. The third-order valence-electron chi connectivity index (χ3n) is 5.19. The number of ether oxygens (including phenoxy) is 1. The van der Waals surface area contributed by atoms with Crippen molar-refractivity contribution >= 4 is 0 Å². The van der Waals surface area contributed by atoms with Crippen molar-refractivity contribution in [1.29, 1.82) is 0 Å². The van der Waals surface area contributed by atoms with Gasteiger partial charge in [-0.25, -0.2) is 0 Å². The number of nitrogens with two attached hydrogens (primary N) is 1. The van der Waals surface area contributed by atoms with Gasteiger partial charge in [-0.05, 0) is 55.4 Å². The molecule has 0 spiro atoms. The Labute approximate surface area is 169 Å². The van der Waals surface area contributed by atoms with Crippen LogP contribution in [0.2, 0.25) is 0 Å². The Bertz CT molecular complexity index is 639. The average Bonchev–Trinajstić information content (AvgIpc) is 2.75. The molecule has 0 heterocycles. The lowest BCUT2D eigenvalue weighted by atomic mass is 9.94. The van der Waals surface area contributed by atoms with E-state index < -0.39 is 5.54 Å². The van der Waals surface area contributed by atoms with E-state index in [1.807, 2.05) is 24.3 Å². The summed E-state index contributed by atoms with van der Waals surface area (Å²) in [5.74, 6) is 0.885. The molecule has 0 saturated carbocycles. The highest BCUT2D eigenvalue weighted by Crippen LogP contribution is 2.17. The lowest BCUT2D eigenvalue weighted by molar-refractivity contribution is 0.115. The van der Waals surface area contributed by atoms with E-state index in [1.165, 1.54) is 37.7 Å². The second-order valence-electron chi connectivity index (χ2n) is 7.67. The number of unbranched alkanes of at least 4 members (excludes halogenated alkanes) is 4. The number of benzene rings is 2. The lowest BCUT2D eigenvalue weighted by Gasteiger charge is -2.24. The molecule has 0 amide bonds. The second-order valence-corrected chi connectivity index (χ2v) is 7.67. The third kappa shape index (κ3) is 8.42. The highest BCUT2D eigenvalue weighted by atomic mass is 16.5. The highest BCUT2D eigenvalue weighted by molar-refractivity contribution is 5.27. The van der Waals surface area contributed by atoms with Crippen molar-refractivity contribution in [2.45, 2.75) is 56.9 Å². The van der Waals surface area contributed by atoms with Crippen molar-refractivity contribution in [2.75, 3.05) is 19.8 Å². The monoisotopic (exact) mass is 385 g/mol. The topological polar surface area (TPSA) is 75.7 Å². The molecule has 0 saturated heterocycles. The number of aryl methyl sites for hydroxylation is 2. The van der Waals surface area contributed by atoms with Crippen LogP contribution in [0.1, 0.15) is 49.7 Å². The Kier molecular flexibility index (Phi) is 10.0. The first-order chi connectivity index (χ1) is 13.6. The molecule has 0 bridgehead atoms. The fourth-order valence-electron chi connectivity index (χ4n) is 3.15. The SMILES string of the molecule is NC(CO)(CO)CCc1ccc(OCCCCCCCc2ccccc2)cc1. The zero-order valence-corrected chi connectivity index (χ0v) is 16.9. The van der Waals surface area contributed by atoms with Crippen molar-refractivity contribution in [1.82, 2.24) is 0 Å². The standard InChI is InChI=1S/C24H35NO3/c25-24(19-26,20-27)17-16-22-12-14-23(15-13-22)28-18-8-3-1-2-5-9-21-10-6-4-7-11-21/h4,6-7,10-15,26-27H,1-3,5,8-9,16-20,25H2. The quantitative estimate of drug-likeness (QED) is 0.432. The van der Waals surface area contributed by atoms with Crippen molar-refractivity contribution in [3.8, 4) is 5.75 Å². The van der Waals surface area contributed by atoms with Gasteiger partial charge in [0.05, 0.1) is 25.4 Å². The van der Waals surface area contributed by atoms with Gasteiger partial charge in [-0.15, -0.1) is 0 Å². The van der Waals surface area contributed by atoms with Gasteiger partial charge in [0.25, 0.3) is 0 Å². The Hall–Kier alpha value is -1.88. The van der Waals surface area contributed by atoms with Crippen LogP contribution in [-0.4, -0.2) is 35.6 Å². The molecule has 0 aromatic heterocycles. The van der Waals surface area contributed by atoms with Crippen molar-refractivity contribution < 1.29 is 14.9 Å². The fraction of sp³-hybridized carbons (Fsp3) is 0.500. The number of hydrogen-bond donors (Lipinski definition) is 3. The van der Waals surface area contributed by atoms with Gasteiger partial charge in [0, 0.05) is 0 Å². The molecule has 2 rings (SSSR count). The molecular formula is C24H35NO3. The van der Waals surface area contributed by atoms with Crippen LogP contribution in [0.5, 0.6) is 5.75 Å². The molecule has 2 aromatic rings. The van der Waals surface area contributed by atoms with Gasteiger partial charge in [0.15, 0.2) is 0 Å². The summed E-state index contributed by atoms with van der Waals surface area (Å²) in [6.07, 6.45) is 8.50.